The lowest BCUT2D eigenvalue weighted by Gasteiger charge is -2.29. The van der Waals surface area contributed by atoms with E-state index in [0.717, 1.165) is 23.6 Å². The van der Waals surface area contributed by atoms with Gasteiger partial charge in [-0.2, -0.15) is 0 Å². The van der Waals surface area contributed by atoms with Gasteiger partial charge in [-0.25, -0.2) is 4.98 Å². The molecule has 92 valence electrons. The van der Waals surface area contributed by atoms with E-state index in [1.165, 1.54) is 31.2 Å². The van der Waals surface area contributed by atoms with Crippen LogP contribution < -0.4 is 5.32 Å². The zero-order chi connectivity index (χ0) is 11.8. The molecular weight excluding hydrogens is 208 g/mol. The number of pyridine rings is 1. The second-order valence-electron chi connectivity index (χ2n) is 5.94. The van der Waals surface area contributed by atoms with Gasteiger partial charge in [0, 0.05) is 12.2 Å². The van der Waals surface area contributed by atoms with Gasteiger partial charge in [0.1, 0.15) is 5.82 Å². The Morgan fingerprint density at radius 2 is 2.24 bits per heavy atom. The summed E-state index contributed by atoms with van der Waals surface area (Å²) < 4.78 is 0. The predicted octanol–water partition coefficient (Wildman–Crippen LogP) is 3.63. The molecule has 4 atom stereocenters. The quantitative estimate of drug-likeness (QED) is 0.857. The number of rotatable bonds is 3. The Hall–Kier alpha value is -1.05. The van der Waals surface area contributed by atoms with E-state index in [-0.39, 0.29) is 0 Å². The van der Waals surface area contributed by atoms with E-state index < -0.39 is 0 Å². The highest BCUT2D eigenvalue weighted by atomic mass is 15.0. The van der Waals surface area contributed by atoms with E-state index in [4.69, 9.17) is 0 Å². The Morgan fingerprint density at radius 1 is 1.35 bits per heavy atom. The van der Waals surface area contributed by atoms with Crippen LogP contribution in [0.2, 0.25) is 0 Å². The molecule has 1 aromatic rings. The second-order valence-corrected chi connectivity index (χ2v) is 5.94. The number of hydrogen-bond donors (Lipinski definition) is 1. The minimum absolute atomic E-state index is 0.568. The number of nitrogens with one attached hydrogen (secondary N) is 1. The van der Waals surface area contributed by atoms with Crippen LogP contribution in [0.25, 0.3) is 0 Å². The number of hydrogen-bond acceptors (Lipinski definition) is 2. The smallest absolute Gasteiger partial charge is 0.129 e. The SMILES string of the molecule is Cc1cccnc1NC(C)C1CC2CCC1C2. The normalized spacial score (nSPS) is 32.7. The van der Waals surface area contributed by atoms with Crippen molar-refractivity contribution in [3.63, 3.8) is 0 Å². The molecule has 2 bridgehead atoms. The molecule has 0 spiro atoms. The van der Waals surface area contributed by atoms with Gasteiger partial charge in [-0.1, -0.05) is 12.5 Å². The molecule has 17 heavy (non-hydrogen) atoms. The molecule has 2 heteroatoms. The summed E-state index contributed by atoms with van der Waals surface area (Å²) >= 11 is 0. The molecule has 2 fully saturated rings. The molecule has 1 aromatic heterocycles. The number of aromatic nitrogens is 1. The van der Waals surface area contributed by atoms with Gasteiger partial charge in [-0.05, 0) is 62.5 Å². The maximum Gasteiger partial charge on any atom is 0.129 e. The lowest BCUT2D eigenvalue weighted by molar-refractivity contribution is 0.304. The fourth-order valence-electron chi connectivity index (χ4n) is 3.87. The average Bonchev–Trinajstić information content (AvgIpc) is 2.94. The molecule has 2 aliphatic rings. The molecule has 0 aliphatic heterocycles. The Bertz CT molecular complexity index is 402. The van der Waals surface area contributed by atoms with Crippen LogP contribution in [0, 0.1) is 24.7 Å². The van der Waals surface area contributed by atoms with Crippen molar-refractivity contribution >= 4 is 5.82 Å². The molecule has 2 saturated carbocycles. The summed E-state index contributed by atoms with van der Waals surface area (Å²) in [5.74, 6) is 3.95. The number of fused-ring (bicyclic) bond motifs is 2. The molecule has 2 nitrogen and oxygen atoms in total. The van der Waals surface area contributed by atoms with Crippen molar-refractivity contribution < 1.29 is 0 Å². The lowest BCUT2D eigenvalue weighted by atomic mass is 9.84. The van der Waals surface area contributed by atoms with Crippen LogP contribution in [-0.4, -0.2) is 11.0 Å². The third-order valence-corrected chi connectivity index (χ3v) is 4.81. The zero-order valence-corrected chi connectivity index (χ0v) is 10.8. The van der Waals surface area contributed by atoms with Crippen molar-refractivity contribution in [2.75, 3.05) is 5.32 Å². The summed E-state index contributed by atoms with van der Waals surface area (Å²) in [6.45, 7) is 4.46. The Morgan fingerprint density at radius 3 is 2.88 bits per heavy atom. The van der Waals surface area contributed by atoms with Crippen LogP contribution >= 0.6 is 0 Å². The molecule has 1 heterocycles. The molecule has 1 N–H and O–H groups in total. The molecule has 0 aromatic carbocycles. The highest BCUT2D eigenvalue weighted by Crippen LogP contribution is 2.49. The summed E-state index contributed by atoms with van der Waals surface area (Å²) in [5.41, 5.74) is 1.25. The highest BCUT2D eigenvalue weighted by Gasteiger charge is 2.41. The first-order valence-corrected chi connectivity index (χ1v) is 6.92. The molecular formula is C15H22N2. The fourth-order valence-corrected chi connectivity index (χ4v) is 3.87. The van der Waals surface area contributed by atoms with Crippen LogP contribution in [-0.2, 0) is 0 Å². The topological polar surface area (TPSA) is 24.9 Å². The first-order valence-electron chi connectivity index (χ1n) is 6.92. The van der Waals surface area contributed by atoms with Gasteiger partial charge in [0.15, 0.2) is 0 Å². The summed E-state index contributed by atoms with van der Waals surface area (Å²) in [6.07, 6.45) is 7.74. The van der Waals surface area contributed by atoms with Gasteiger partial charge in [-0.15, -0.1) is 0 Å². The minimum Gasteiger partial charge on any atom is -0.367 e. The first kappa shape index (κ1) is 11.1. The maximum atomic E-state index is 4.44. The van der Waals surface area contributed by atoms with Crippen molar-refractivity contribution in [2.24, 2.45) is 17.8 Å². The van der Waals surface area contributed by atoms with Crippen LogP contribution in [0.15, 0.2) is 18.3 Å². The second kappa shape index (κ2) is 4.32. The van der Waals surface area contributed by atoms with Crippen molar-refractivity contribution in [3.05, 3.63) is 23.9 Å². The van der Waals surface area contributed by atoms with Gasteiger partial charge in [0.05, 0.1) is 0 Å². The van der Waals surface area contributed by atoms with Gasteiger partial charge in [0.25, 0.3) is 0 Å². The Labute approximate surface area is 104 Å². The van der Waals surface area contributed by atoms with E-state index >= 15 is 0 Å². The summed E-state index contributed by atoms with van der Waals surface area (Å²) in [5, 5.41) is 3.63. The zero-order valence-electron chi connectivity index (χ0n) is 10.8. The standard InChI is InChI=1S/C15H22N2/c1-10-4-3-7-16-15(10)17-11(2)14-9-12-5-6-13(14)8-12/h3-4,7,11-14H,5-6,8-9H2,1-2H3,(H,16,17). The summed E-state index contributed by atoms with van der Waals surface area (Å²) in [4.78, 5) is 4.44. The van der Waals surface area contributed by atoms with Gasteiger partial charge in [-0.3, -0.25) is 0 Å². The molecule has 0 radical (unpaired) electrons. The van der Waals surface area contributed by atoms with E-state index in [1.807, 2.05) is 12.3 Å². The molecule has 3 rings (SSSR count). The Kier molecular flexibility index (Phi) is 2.81. The number of aryl methyl sites for hydroxylation is 1. The summed E-state index contributed by atoms with van der Waals surface area (Å²) in [7, 11) is 0. The average molecular weight is 230 g/mol. The molecule has 0 amide bonds. The third-order valence-electron chi connectivity index (χ3n) is 4.81. The van der Waals surface area contributed by atoms with Crippen LogP contribution in [0.3, 0.4) is 0 Å². The summed E-state index contributed by atoms with van der Waals surface area (Å²) in [6, 6.07) is 4.70. The van der Waals surface area contributed by atoms with Crippen molar-refractivity contribution in [3.8, 4) is 0 Å². The highest BCUT2D eigenvalue weighted by molar-refractivity contribution is 5.43. The first-order chi connectivity index (χ1) is 8.24. The maximum absolute atomic E-state index is 4.44. The van der Waals surface area contributed by atoms with Crippen molar-refractivity contribution in [1.29, 1.82) is 0 Å². The lowest BCUT2D eigenvalue weighted by Crippen LogP contribution is -2.30. The van der Waals surface area contributed by atoms with Crippen molar-refractivity contribution in [2.45, 2.75) is 45.6 Å². The molecule has 4 unspecified atom stereocenters. The number of nitrogens with zero attached hydrogens (tertiary/aromatic N) is 1. The van der Waals surface area contributed by atoms with Crippen LogP contribution in [0.4, 0.5) is 5.82 Å². The molecule has 2 aliphatic carbocycles. The van der Waals surface area contributed by atoms with Crippen molar-refractivity contribution in [1.82, 2.24) is 4.98 Å². The van der Waals surface area contributed by atoms with E-state index in [9.17, 15) is 0 Å². The number of anilines is 1. The van der Waals surface area contributed by atoms with Crippen LogP contribution in [0.1, 0.15) is 38.2 Å². The van der Waals surface area contributed by atoms with E-state index in [2.05, 4.69) is 30.2 Å². The monoisotopic (exact) mass is 230 g/mol. The van der Waals surface area contributed by atoms with E-state index in [0.29, 0.717) is 6.04 Å². The van der Waals surface area contributed by atoms with Gasteiger partial charge in [0.2, 0.25) is 0 Å². The molecule has 0 saturated heterocycles. The predicted molar refractivity (Wildman–Crippen MR) is 71.0 cm³/mol. The third kappa shape index (κ3) is 2.05. The Balaban J connectivity index is 1.68. The fraction of sp³-hybridized carbons (Fsp3) is 0.667. The van der Waals surface area contributed by atoms with Crippen LogP contribution in [0.5, 0.6) is 0 Å². The largest absolute Gasteiger partial charge is 0.367 e. The minimum atomic E-state index is 0.568. The van der Waals surface area contributed by atoms with Gasteiger partial charge < -0.3 is 5.32 Å². The van der Waals surface area contributed by atoms with Gasteiger partial charge >= 0.3 is 0 Å². The van der Waals surface area contributed by atoms with E-state index in [1.54, 1.807) is 0 Å².